The normalized spacial score (nSPS) is 13.5. The van der Waals surface area contributed by atoms with Gasteiger partial charge in [0.25, 0.3) is 0 Å². The monoisotopic (exact) mass is 301 g/mol. The first-order chi connectivity index (χ1) is 9.70. The van der Waals surface area contributed by atoms with E-state index in [0.29, 0.717) is 6.07 Å². The minimum atomic E-state index is -4.73. The molecule has 0 aliphatic rings. The highest BCUT2D eigenvalue weighted by Gasteiger charge is 2.35. The Labute approximate surface area is 119 Å². The second-order valence-corrected chi connectivity index (χ2v) is 4.92. The van der Waals surface area contributed by atoms with Crippen molar-refractivity contribution in [2.45, 2.75) is 25.6 Å². The third-order valence-electron chi connectivity index (χ3n) is 3.26. The third-order valence-corrected chi connectivity index (χ3v) is 3.26. The van der Waals surface area contributed by atoms with Gasteiger partial charge in [0.05, 0.1) is 11.3 Å². The lowest BCUT2D eigenvalue weighted by Gasteiger charge is -2.16. The number of rotatable bonds is 3. The molecule has 2 N–H and O–H groups in total. The predicted octanol–water partition coefficient (Wildman–Crippen LogP) is 3.13. The van der Waals surface area contributed by atoms with Gasteiger partial charge in [-0.3, -0.25) is 4.68 Å². The standard InChI is InChI=1S/C14H15F4N3/c1-8-6-9(21(2)20-8)7-12(19)10-4-3-5-11(13(10)15)14(16,17)18/h3-6,12H,7,19H2,1-2H3. The van der Waals surface area contributed by atoms with Gasteiger partial charge in [-0.2, -0.15) is 18.3 Å². The molecule has 0 spiro atoms. The van der Waals surface area contributed by atoms with E-state index in [1.807, 2.05) is 0 Å². The molecule has 0 amide bonds. The molecule has 7 heteroatoms. The van der Waals surface area contributed by atoms with Crippen molar-refractivity contribution in [3.63, 3.8) is 0 Å². The summed E-state index contributed by atoms with van der Waals surface area (Å²) in [6, 6.07) is 4.04. The van der Waals surface area contributed by atoms with Crippen molar-refractivity contribution in [2.24, 2.45) is 12.8 Å². The minimum Gasteiger partial charge on any atom is -0.324 e. The van der Waals surface area contributed by atoms with Crippen LogP contribution in [0.5, 0.6) is 0 Å². The van der Waals surface area contributed by atoms with Gasteiger partial charge in [0.2, 0.25) is 0 Å². The van der Waals surface area contributed by atoms with Crippen LogP contribution in [0.4, 0.5) is 17.6 Å². The first kappa shape index (κ1) is 15.5. The van der Waals surface area contributed by atoms with E-state index in [2.05, 4.69) is 5.10 Å². The van der Waals surface area contributed by atoms with Crippen molar-refractivity contribution in [2.75, 3.05) is 0 Å². The fourth-order valence-corrected chi connectivity index (χ4v) is 2.25. The second-order valence-electron chi connectivity index (χ2n) is 4.92. The quantitative estimate of drug-likeness (QED) is 0.885. The Morgan fingerprint density at radius 1 is 1.33 bits per heavy atom. The molecule has 1 unspecified atom stereocenters. The smallest absolute Gasteiger partial charge is 0.324 e. The number of nitrogens with zero attached hydrogens (tertiary/aromatic N) is 2. The summed E-state index contributed by atoms with van der Waals surface area (Å²) in [6.45, 7) is 1.79. The van der Waals surface area contributed by atoms with E-state index in [1.54, 1.807) is 24.7 Å². The summed E-state index contributed by atoms with van der Waals surface area (Å²) in [6.07, 6.45) is -4.53. The van der Waals surface area contributed by atoms with E-state index in [4.69, 9.17) is 5.73 Å². The zero-order valence-electron chi connectivity index (χ0n) is 11.6. The number of hydrogen-bond donors (Lipinski definition) is 1. The average molecular weight is 301 g/mol. The lowest BCUT2D eigenvalue weighted by atomic mass is 9.99. The lowest BCUT2D eigenvalue weighted by molar-refractivity contribution is -0.140. The summed E-state index contributed by atoms with van der Waals surface area (Å²) in [4.78, 5) is 0. The molecule has 1 aromatic heterocycles. The maximum absolute atomic E-state index is 14.0. The summed E-state index contributed by atoms with van der Waals surface area (Å²) in [7, 11) is 1.71. The van der Waals surface area contributed by atoms with E-state index in [1.165, 1.54) is 6.07 Å². The topological polar surface area (TPSA) is 43.8 Å². The lowest BCUT2D eigenvalue weighted by Crippen LogP contribution is -2.19. The molecule has 1 heterocycles. The number of halogens is 4. The van der Waals surface area contributed by atoms with Gasteiger partial charge in [0.1, 0.15) is 5.82 Å². The van der Waals surface area contributed by atoms with Crippen molar-refractivity contribution in [3.05, 3.63) is 52.6 Å². The van der Waals surface area contributed by atoms with Gasteiger partial charge in [-0.1, -0.05) is 12.1 Å². The molecule has 0 aliphatic heterocycles. The maximum Gasteiger partial charge on any atom is 0.419 e. The first-order valence-corrected chi connectivity index (χ1v) is 6.31. The Balaban J connectivity index is 2.32. The van der Waals surface area contributed by atoms with Crippen LogP contribution in [0.15, 0.2) is 24.3 Å². The average Bonchev–Trinajstić information content (AvgIpc) is 2.66. The number of benzene rings is 1. The Morgan fingerprint density at radius 2 is 2.00 bits per heavy atom. The van der Waals surface area contributed by atoms with Crippen molar-refractivity contribution in [1.29, 1.82) is 0 Å². The summed E-state index contributed by atoms with van der Waals surface area (Å²) >= 11 is 0. The highest BCUT2D eigenvalue weighted by atomic mass is 19.4. The SMILES string of the molecule is Cc1cc(CC(N)c2cccc(C(F)(F)F)c2F)n(C)n1. The number of nitrogens with two attached hydrogens (primary N) is 1. The molecule has 0 radical (unpaired) electrons. The van der Waals surface area contributed by atoms with Crippen LogP contribution >= 0.6 is 0 Å². The molecule has 1 atom stereocenters. The highest BCUT2D eigenvalue weighted by Crippen LogP contribution is 2.34. The van der Waals surface area contributed by atoms with Gasteiger partial charge in [-0.25, -0.2) is 4.39 Å². The number of aryl methyl sites for hydroxylation is 2. The van der Waals surface area contributed by atoms with Gasteiger partial charge in [0.15, 0.2) is 0 Å². The maximum atomic E-state index is 14.0. The van der Waals surface area contributed by atoms with Gasteiger partial charge in [-0.15, -0.1) is 0 Å². The molecule has 21 heavy (non-hydrogen) atoms. The number of hydrogen-bond acceptors (Lipinski definition) is 2. The molecule has 0 aliphatic carbocycles. The molecule has 114 valence electrons. The fourth-order valence-electron chi connectivity index (χ4n) is 2.25. The Morgan fingerprint density at radius 3 is 2.52 bits per heavy atom. The Hall–Kier alpha value is -1.89. The van der Waals surface area contributed by atoms with Crippen LogP contribution < -0.4 is 5.73 Å². The summed E-state index contributed by atoms with van der Waals surface area (Å²) in [5, 5.41) is 4.12. The van der Waals surface area contributed by atoms with E-state index in [9.17, 15) is 17.6 Å². The summed E-state index contributed by atoms with van der Waals surface area (Å²) < 4.78 is 53.7. The van der Waals surface area contributed by atoms with E-state index < -0.39 is 23.6 Å². The van der Waals surface area contributed by atoms with E-state index in [0.717, 1.165) is 17.5 Å². The van der Waals surface area contributed by atoms with E-state index in [-0.39, 0.29) is 12.0 Å². The summed E-state index contributed by atoms with van der Waals surface area (Å²) in [5.74, 6) is -1.31. The zero-order chi connectivity index (χ0) is 15.8. The Kier molecular flexibility index (Phi) is 4.04. The van der Waals surface area contributed by atoms with Crippen LogP contribution in [-0.4, -0.2) is 9.78 Å². The second kappa shape index (κ2) is 5.48. The van der Waals surface area contributed by atoms with Gasteiger partial charge in [-0.05, 0) is 19.1 Å². The first-order valence-electron chi connectivity index (χ1n) is 6.31. The molecule has 1 aromatic carbocycles. The van der Waals surface area contributed by atoms with Crippen molar-refractivity contribution in [1.82, 2.24) is 9.78 Å². The largest absolute Gasteiger partial charge is 0.419 e. The van der Waals surface area contributed by atoms with Crippen LogP contribution in [0.25, 0.3) is 0 Å². The van der Waals surface area contributed by atoms with Crippen molar-refractivity contribution < 1.29 is 17.6 Å². The van der Waals surface area contributed by atoms with Crippen molar-refractivity contribution >= 4 is 0 Å². The summed E-state index contributed by atoms with van der Waals surface area (Å²) in [5.41, 5.74) is 5.93. The third kappa shape index (κ3) is 3.24. The van der Waals surface area contributed by atoms with E-state index >= 15 is 0 Å². The fraction of sp³-hybridized carbons (Fsp3) is 0.357. The van der Waals surface area contributed by atoms with Crippen LogP contribution in [0.2, 0.25) is 0 Å². The molecule has 0 bridgehead atoms. The molecule has 2 aromatic rings. The number of aromatic nitrogens is 2. The minimum absolute atomic E-state index is 0.149. The van der Waals surface area contributed by atoms with Crippen LogP contribution in [0, 0.1) is 12.7 Å². The molecule has 3 nitrogen and oxygen atoms in total. The predicted molar refractivity (Wildman–Crippen MR) is 70.0 cm³/mol. The van der Waals surface area contributed by atoms with Gasteiger partial charge >= 0.3 is 6.18 Å². The molecular weight excluding hydrogens is 286 g/mol. The van der Waals surface area contributed by atoms with Crippen LogP contribution in [0.3, 0.4) is 0 Å². The molecule has 2 rings (SSSR count). The Bertz CT molecular complexity index is 646. The number of alkyl halides is 3. The van der Waals surface area contributed by atoms with Gasteiger partial charge in [0, 0.05) is 30.8 Å². The molecule has 0 saturated heterocycles. The zero-order valence-corrected chi connectivity index (χ0v) is 11.6. The van der Waals surface area contributed by atoms with Crippen LogP contribution in [-0.2, 0) is 19.6 Å². The molecular formula is C14H15F4N3. The highest BCUT2D eigenvalue weighted by molar-refractivity contribution is 5.31. The van der Waals surface area contributed by atoms with Crippen molar-refractivity contribution in [3.8, 4) is 0 Å². The molecule has 0 fully saturated rings. The van der Waals surface area contributed by atoms with Gasteiger partial charge < -0.3 is 5.73 Å². The van der Waals surface area contributed by atoms with Crippen LogP contribution in [0.1, 0.15) is 28.6 Å². The molecule has 0 saturated carbocycles.